The zero-order valence-corrected chi connectivity index (χ0v) is 16.7. The van der Waals surface area contributed by atoms with Gasteiger partial charge in [-0.25, -0.2) is 14.2 Å². The van der Waals surface area contributed by atoms with Crippen molar-refractivity contribution in [1.82, 2.24) is 4.98 Å². The molecule has 3 aromatic rings. The van der Waals surface area contributed by atoms with Crippen molar-refractivity contribution in [2.75, 3.05) is 19.0 Å². The lowest BCUT2D eigenvalue weighted by Crippen LogP contribution is -2.08. The van der Waals surface area contributed by atoms with E-state index >= 15 is 0 Å². The molecule has 2 aromatic carbocycles. The highest BCUT2D eigenvalue weighted by atomic mass is 32.1. The molecule has 5 nitrogen and oxygen atoms in total. The molecule has 0 atom stereocenters. The van der Waals surface area contributed by atoms with Gasteiger partial charge >= 0.3 is 5.97 Å². The van der Waals surface area contributed by atoms with Gasteiger partial charge in [-0.05, 0) is 48.0 Å². The first-order valence-corrected chi connectivity index (χ1v) is 9.61. The Labute approximate surface area is 172 Å². The van der Waals surface area contributed by atoms with Gasteiger partial charge in [0.05, 0.1) is 5.69 Å². The van der Waals surface area contributed by atoms with Gasteiger partial charge in [-0.15, -0.1) is 11.3 Å². The lowest BCUT2D eigenvalue weighted by atomic mass is 10.1. The minimum absolute atomic E-state index is 0.0465. The van der Waals surface area contributed by atoms with Crippen LogP contribution >= 0.6 is 11.3 Å². The summed E-state index contributed by atoms with van der Waals surface area (Å²) in [5.41, 5.74) is 3.01. The van der Waals surface area contributed by atoms with Crippen LogP contribution in [0, 0.1) is 17.1 Å². The molecule has 7 heteroatoms. The predicted octanol–water partition coefficient (Wildman–Crippen LogP) is 4.67. The number of anilines is 1. The Morgan fingerprint density at radius 3 is 2.52 bits per heavy atom. The van der Waals surface area contributed by atoms with Crippen molar-refractivity contribution < 1.29 is 13.9 Å². The number of carbonyl (C=O) groups excluding carboxylic acids is 1. The van der Waals surface area contributed by atoms with Crippen LogP contribution in [-0.2, 0) is 16.1 Å². The number of rotatable bonds is 6. The van der Waals surface area contributed by atoms with Crippen LogP contribution in [-0.4, -0.2) is 25.0 Å². The summed E-state index contributed by atoms with van der Waals surface area (Å²) in [5.74, 6) is -1.02. The van der Waals surface area contributed by atoms with Crippen molar-refractivity contribution in [3.63, 3.8) is 0 Å². The summed E-state index contributed by atoms with van der Waals surface area (Å²) in [6.45, 7) is -0.0465. The molecule has 0 amide bonds. The van der Waals surface area contributed by atoms with E-state index in [2.05, 4.69) is 4.98 Å². The third-order valence-electron chi connectivity index (χ3n) is 4.05. The van der Waals surface area contributed by atoms with Gasteiger partial charge in [0.2, 0.25) is 0 Å². The first-order chi connectivity index (χ1) is 14.0. The van der Waals surface area contributed by atoms with Crippen LogP contribution in [0.5, 0.6) is 0 Å². The monoisotopic (exact) mass is 407 g/mol. The largest absolute Gasteiger partial charge is 0.455 e. The Morgan fingerprint density at radius 2 is 1.90 bits per heavy atom. The minimum atomic E-state index is -0.708. The first kappa shape index (κ1) is 20.2. The molecule has 0 spiro atoms. The van der Waals surface area contributed by atoms with Gasteiger partial charge in [-0.1, -0.05) is 12.1 Å². The number of halogens is 1. The third kappa shape index (κ3) is 5.27. The third-order valence-corrected chi connectivity index (χ3v) is 5.00. The zero-order valence-electron chi connectivity index (χ0n) is 15.9. The van der Waals surface area contributed by atoms with E-state index in [1.165, 1.54) is 29.5 Å². The molecule has 1 heterocycles. The summed E-state index contributed by atoms with van der Waals surface area (Å²) in [6.07, 6.45) is 1.49. The molecule has 0 aliphatic carbocycles. The number of benzene rings is 2. The molecule has 0 unspecified atom stereocenters. The fourth-order valence-corrected chi connectivity index (χ4v) is 3.30. The first-order valence-electron chi connectivity index (χ1n) is 8.73. The van der Waals surface area contributed by atoms with Crippen LogP contribution < -0.4 is 4.90 Å². The number of esters is 1. The number of hydrogen-bond donors (Lipinski definition) is 0. The Balaban J connectivity index is 1.64. The smallest absolute Gasteiger partial charge is 0.349 e. The Bertz CT molecular complexity index is 1060. The Kier molecular flexibility index (Phi) is 6.37. The normalized spacial score (nSPS) is 11.0. The molecule has 0 fully saturated rings. The van der Waals surface area contributed by atoms with Gasteiger partial charge in [0.25, 0.3) is 0 Å². The number of nitrogens with zero attached hydrogens (tertiary/aromatic N) is 3. The van der Waals surface area contributed by atoms with E-state index in [0.717, 1.165) is 16.8 Å². The van der Waals surface area contributed by atoms with E-state index in [9.17, 15) is 14.4 Å². The van der Waals surface area contributed by atoms with E-state index in [1.54, 1.807) is 17.5 Å². The number of thiazole rings is 1. The van der Waals surface area contributed by atoms with Crippen LogP contribution in [0.2, 0.25) is 0 Å². The lowest BCUT2D eigenvalue weighted by molar-refractivity contribution is -0.139. The van der Waals surface area contributed by atoms with Crippen LogP contribution in [0.4, 0.5) is 10.1 Å². The summed E-state index contributed by atoms with van der Waals surface area (Å²) >= 11 is 1.37. The second-order valence-electron chi connectivity index (χ2n) is 6.38. The second kappa shape index (κ2) is 9.13. The van der Waals surface area contributed by atoms with Crippen molar-refractivity contribution >= 4 is 29.1 Å². The maximum Gasteiger partial charge on any atom is 0.349 e. The van der Waals surface area contributed by atoms with E-state index in [1.807, 2.05) is 49.3 Å². The number of aromatic nitrogens is 1. The van der Waals surface area contributed by atoms with Crippen molar-refractivity contribution in [2.24, 2.45) is 0 Å². The van der Waals surface area contributed by atoms with Crippen molar-refractivity contribution in [1.29, 1.82) is 5.26 Å². The maximum atomic E-state index is 13.0. The molecular weight excluding hydrogens is 389 g/mol. The van der Waals surface area contributed by atoms with Crippen LogP contribution in [0.3, 0.4) is 0 Å². The number of nitriles is 1. The van der Waals surface area contributed by atoms with Crippen LogP contribution in [0.25, 0.3) is 16.6 Å². The van der Waals surface area contributed by atoms with Gasteiger partial charge in [0, 0.05) is 30.7 Å². The molecule has 0 radical (unpaired) electrons. The highest BCUT2D eigenvalue weighted by Crippen LogP contribution is 2.24. The SMILES string of the molecule is CN(C)c1ccc(/C=C(\C#N)C(=O)OCc2csc(-c3ccc(F)cc3)n2)cc1. The highest BCUT2D eigenvalue weighted by Gasteiger charge is 2.13. The van der Waals surface area contributed by atoms with Crippen LogP contribution in [0.15, 0.2) is 59.5 Å². The van der Waals surface area contributed by atoms with Gasteiger partial charge < -0.3 is 9.64 Å². The quantitative estimate of drug-likeness (QED) is 0.338. The van der Waals surface area contributed by atoms with Gasteiger partial charge in [-0.3, -0.25) is 0 Å². The molecule has 0 N–H and O–H groups in total. The van der Waals surface area contributed by atoms with E-state index in [-0.39, 0.29) is 18.0 Å². The summed E-state index contributed by atoms with van der Waals surface area (Å²) < 4.78 is 18.3. The Morgan fingerprint density at radius 1 is 1.21 bits per heavy atom. The number of hydrogen-bond acceptors (Lipinski definition) is 6. The topological polar surface area (TPSA) is 66.2 Å². The summed E-state index contributed by atoms with van der Waals surface area (Å²) in [6, 6.07) is 15.4. The second-order valence-corrected chi connectivity index (χ2v) is 7.24. The standard InChI is InChI=1S/C22H18FN3O2S/c1-26(2)20-9-3-15(4-10-20)11-17(12-24)22(27)28-13-19-14-29-21(25-19)16-5-7-18(23)8-6-16/h3-11,14H,13H2,1-2H3/b17-11+. The molecule has 1 aromatic heterocycles. The Hall–Kier alpha value is -3.50. The number of carbonyl (C=O) groups is 1. The molecular formula is C22H18FN3O2S. The van der Waals surface area contributed by atoms with Crippen LogP contribution in [0.1, 0.15) is 11.3 Å². The molecule has 0 aliphatic rings. The molecule has 29 heavy (non-hydrogen) atoms. The molecule has 0 aliphatic heterocycles. The summed E-state index contributed by atoms with van der Waals surface area (Å²) in [4.78, 5) is 18.6. The predicted molar refractivity (Wildman–Crippen MR) is 112 cm³/mol. The molecule has 0 bridgehead atoms. The average molecular weight is 407 g/mol. The summed E-state index contributed by atoms with van der Waals surface area (Å²) in [7, 11) is 3.87. The number of ether oxygens (including phenoxy) is 1. The lowest BCUT2D eigenvalue weighted by Gasteiger charge is -2.11. The van der Waals surface area contributed by atoms with Crippen molar-refractivity contribution in [3.8, 4) is 16.6 Å². The van der Waals surface area contributed by atoms with Crippen molar-refractivity contribution in [2.45, 2.75) is 6.61 Å². The van der Waals surface area contributed by atoms with Gasteiger partial charge in [0.15, 0.2) is 0 Å². The fourth-order valence-electron chi connectivity index (χ4n) is 2.49. The van der Waals surface area contributed by atoms with E-state index in [0.29, 0.717) is 10.7 Å². The van der Waals surface area contributed by atoms with E-state index < -0.39 is 5.97 Å². The van der Waals surface area contributed by atoms with Crippen molar-refractivity contribution in [3.05, 3.63) is 76.6 Å². The summed E-state index contributed by atoms with van der Waals surface area (Å²) in [5, 5.41) is 11.8. The molecule has 3 rings (SSSR count). The highest BCUT2D eigenvalue weighted by molar-refractivity contribution is 7.13. The maximum absolute atomic E-state index is 13.0. The zero-order chi connectivity index (χ0) is 20.8. The minimum Gasteiger partial charge on any atom is -0.455 e. The fraction of sp³-hybridized carbons (Fsp3) is 0.136. The van der Waals surface area contributed by atoms with Gasteiger partial charge in [0.1, 0.15) is 29.1 Å². The van der Waals surface area contributed by atoms with E-state index in [4.69, 9.17) is 4.74 Å². The molecule has 0 saturated heterocycles. The molecule has 146 valence electrons. The average Bonchev–Trinajstić information content (AvgIpc) is 3.20. The van der Waals surface area contributed by atoms with Gasteiger partial charge in [-0.2, -0.15) is 5.26 Å². The molecule has 0 saturated carbocycles.